The van der Waals surface area contributed by atoms with Gasteiger partial charge in [-0.15, -0.1) is 0 Å². The van der Waals surface area contributed by atoms with Gasteiger partial charge in [-0.05, 0) is 23.0 Å². The van der Waals surface area contributed by atoms with E-state index in [-0.39, 0.29) is 0 Å². The fraction of sp³-hybridized carbons (Fsp3) is 1.00. The first kappa shape index (κ1) is 9.34. The van der Waals surface area contributed by atoms with E-state index in [2.05, 4.69) is 32.8 Å². The van der Waals surface area contributed by atoms with Gasteiger partial charge in [-0.2, -0.15) is 0 Å². The van der Waals surface area contributed by atoms with Crippen molar-refractivity contribution in [1.82, 2.24) is 5.09 Å². The molecule has 0 spiro atoms. The molecular formula is C2H6BrClNOPS. The van der Waals surface area contributed by atoms with Crippen molar-refractivity contribution in [3.63, 3.8) is 0 Å². The fourth-order valence-electron chi connectivity index (χ4n) is 0.180. The summed E-state index contributed by atoms with van der Waals surface area (Å²) in [5.74, 6) is -2.66. The van der Waals surface area contributed by atoms with Crippen LogP contribution >= 0.6 is 32.9 Å². The molecule has 0 rings (SSSR count). The fourth-order valence-corrected chi connectivity index (χ4v) is 1.60. The number of hydrogen-bond acceptors (Lipinski definition) is 1. The van der Waals surface area contributed by atoms with Crippen molar-refractivity contribution in [2.24, 2.45) is 0 Å². The molecule has 0 aromatic heterocycles. The molecule has 0 heterocycles. The van der Waals surface area contributed by atoms with Crippen LogP contribution in [0.1, 0.15) is 0 Å². The van der Waals surface area contributed by atoms with Crippen LogP contribution in [0.5, 0.6) is 0 Å². The van der Waals surface area contributed by atoms with Gasteiger partial charge >= 0.3 is 0 Å². The molecule has 8 heavy (non-hydrogen) atoms. The molecule has 0 aliphatic heterocycles. The van der Waals surface area contributed by atoms with Gasteiger partial charge in [0.15, 0.2) is 0 Å². The average molecular weight is 238 g/mol. The van der Waals surface area contributed by atoms with Crippen LogP contribution in [-0.2, 0) is 11.8 Å². The summed E-state index contributed by atoms with van der Waals surface area (Å²) in [6.45, 7) is 0.608. The number of hydrogen-bond donors (Lipinski definition) is 2. The molecule has 2 N–H and O–H groups in total. The van der Waals surface area contributed by atoms with E-state index < -0.39 is 5.77 Å². The van der Waals surface area contributed by atoms with Gasteiger partial charge in [0.2, 0.25) is 5.77 Å². The van der Waals surface area contributed by atoms with E-state index in [0.29, 0.717) is 6.54 Å². The second-order valence-corrected chi connectivity index (χ2v) is 6.87. The molecule has 0 saturated heterocycles. The van der Waals surface area contributed by atoms with Crippen LogP contribution in [0, 0.1) is 0 Å². The van der Waals surface area contributed by atoms with Crippen molar-refractivity contribution in [2.45, 2.75) is 0 Å². The molecule has 0 saturated carbocycles. The van der Waals surface area contributed by atoms with Crippen LogP contribution in [0.15, 0.2) is 0 Å². The van der Waals surface area contributed by atoms with Gasteiger partial charge in [-0.25, -0.2) is 0 Å². The highest BCUT2D eigenvalue weighted by atomic mass is 79.9. The maximum atomic E-state index is 8.71. The van der Waals surface area contributed by atoms with Crippen LogP contribution in [0.2, 0.25) is 0 Å². The van der Waals surface area contributed by atoms with Crippen molar-refractivity contribution in [1.29, 1.82) is 0 Å². The summed E-state index contributed by atoms with van der Waals surface area (Å²) in [7, 11) is 0. The Morgan fingerprint density at radius 2 is 2.38 bits per heavy atom. The van der Waals surface area contributed by atoms with Gasteiger partial charge in [0.05, 0.1) is 0 Å². The van der Waals surface area contributed by atoms with Gasteiger partial charge in [0.1, 0.15) is 0 Å². The summed E-state index contributed by atoms with van der Waals surface area (Å²) in [6.07, 6.45) is 0. The predicted octanol–water partition coefficient (Wildman–Crippen LogP) is 1.43. The van der Waals surface area contributed by atoms with Crippen molar-refractivity contribution in [3.05, 3.63) is 0 Å². The first-order valence-electron chi connectivity index (χ1n) is 1.90. The minimum atomic E-state index is -2.66. The van der Waals surface area contributed by atoms with E-state index in [0.717, 1.165) is 5.33 Å². The monoisotopic (exact) mass is 237 g/mol. The Hall–Kier alpha value is 1.34. The summed E-state index contributed by atoms with van der Waals surface area (Å²) in [4.78, 5) is 8.71. The number of nitrogens with one attached hydrogen (secondary N) is 1. The number of rotatable bonds is 3. The minimum Gasteiger partial charge on any atom is -0.343 e. The summed E-state index contributed by atoms with van der Waals surface area (Å²) in [5, 5.41) is 3.32. The second-order valence-electron chi connectivity index (χ2n) is 1.10. The van der Waals surface area contributed by atoms with Crippen LogP contribution in [0.4, 0.5) is 0 Å². The molecule has 0 aliphatic rings. The van der Waals surface area contributed by atoms with E-state index in [1.165, 1.54) is 0 Å². The predicted molar refractivity (Wildman–Crippen MR) is 44.2 cm³/mol. The lowest BCUT2D eigenvalue weighted by atomic mass is 10.8. The SMILES string of the molecule is OP(=S)(Cl)NCCBr. The largest absolute Gasteiger partial charge is 0.343 e. The summed E-state index contributed by atoms with van der Waals surface area (Å²) >= 11 is 12.9. The molecule has 50 valence electrons. The number of halogens is 2. The lowest BCUT2D eigenvalue weighted by Gasteiger charge is -2.04. The standard InChI is InChI=1S/C2H6BrClNOPS/c3-1-2-5-7(4,6)8/h1-2H2,(H2,5,6,8). The quantitative estimate of drug-likeness (QED) is 0.576. The molecule has 6 heteroatoms. The van der Waals surface area contributed by atoms with Gasteiger partial charge in [0.25, 0.3) is 0 Å². The number of alkyl halides is 1. The lowest BCUT2D eigenvalue weighted by molar-refractivity contribution is 0.623. The highest BCUT2D eigenvalue weighted by Gasteiger charge is 2.02. The van der Waals surface area contributed by atoms with E-state index in [1.54, 1.807) is 0 Å². The third-order valence-corrected chi connectivity index (χ3v) is 2.16. The van der Waals surface area contributed by atoms with Crippen molar-refractivity contribution >= 4 is 44.7 Å². The zero-order chi connectivity index (χ0) is 6.62. The van der Waals surface area contributed by atoms with Crippen LogP contribution in [-0.4, -0.2) is 16.8 Å². The van der Waals surface area contributed by atoms with Crippen molar-refractivity contribution < 1.29 is 4.89 Å². The highest BCUT2D eigenvalue weighted by Crippen LogP contribution is 2.41. The molecule has 0 amide bonds. The zero-order valence-electron chi connectivity index (χ0n) is 3.97. The van der Waals surface area contributed by atoms with E-state index >= 15 is 0 Å². The van der Waals surface area contributed by atoms with E-state index in [4.69, 9.17) is 16.1 Å². The molecule has 1 unspecified atom stereocenters. The smallest absolute Gasteiger partial charge is 0.216 e. The van der Waals surface area contributed by atoms with Gasteiger partial charge in [-0.1, -0.05) is 15.9 Å². The van der Waals surface area contributed by atoms with Gasteiger partial charge in [-0.3, -0.25) is 5.09 Å². The summed E-state index contributed by atoms with van der Waals surface area (Å²) in [6, 6.07) is 0. The van der Waals surface area contributed by atoms with Crippen LogP contribution < -0.4 is 5.09 Å². The Morgan fingerprint density at radius 1 is 1.88 bits per heavy atom. The minimum absolute atomic E-state index is 0.608. The normalized spacial score (nSPS) is 17.9. The molecule has 2 nitrogen and oxygen atoms in total. The Bertz CT molecular complexity index is 106. The first-order valence-corrected chi connectivity index (χ1v) is 6.68. The average Bonchev–Trinajstić information content (AvgIpc) is 1.59. The maximum absolute atomic E-state index is 8.71. The Balaban J connectivity index is 3.26. The van der Waals surface area contributed by atoms with Crippen molar-refractivity contribution in [2.75, 3.05) is 11.9 Å². The molecule has 0 aromatic rings. The lowest BCUT2D eigenvalue weighted by Crippen LogP contribution is -2.08. The maximum Gasteiger partial charge on any atom is 0.216 e. The molecule has 1 atom stereocenters. The van der Waals surface area contributed by atoms with Gasteiger partial charge in [0, 0.05) is 11.9 Å². The molecule has 0 bridgehead atoms. The van der Waals surface area contributed by atoms with E-state index in [9.17, 15) is 0 Å². The van der Waals surface area contributed by atoms with Crippen LogP contribution in [0.25, 0.3) is 0 Å². The molecule has 0 fully saturated rings. The third kappa shape index (κ3) is 7.34. The topological polar surface area (TPSA) is 32.3 Å². The first-order chi connectivity index (χ1) is 3.56. The zero-order valence-corrected chi connectivity index (χ0v) is 8.03. The van der Waals surface area contributed by atoms with Gasteiger partial charge < -0.3 is 4.89 Å². The van der Waals surface area contributed by atoms with Crippen molar-refractivity contribution in [3.8, 4) is 0 Å². The Morgan fingerprint density at radius 3 is 2.50 bits per heavy atom. The molecule has 0 radical (unpaired) electrons. The summed E-state index contributed by atoms with van der Waals surface area (Å²) in [5.41, 5.74) is 0. The third-order valence-electron chi connectivity index (χ3n) is 0.401. The molecule has 0 aliphatic carbocycles. The molecule has 0 aromatic carbocycles. The molecular weight excluding hydrogens is 232 g/mol. The highest BCUT2D eigenvalue weighted by molar-refractivity contribution is 9.09. The Labute approximate surface area is 66.7 Å². The second kappa shape index (κ2) is 4.20. The van der Waals surface area contributed by atoms with E-state index in [1.807, 2.05) is 0 Å². The summed E-state index contributed by atoms with van der Waals surface area (Å²) < 4.78 is 0. The Kier molecular flexibility index (Phi) is 4.91. The van der Waals surface area contributed by atoms with Crippen LogP contribution in [0.3, 0.4) is 0 Å².